The molecule has 1 fully saturated rings. The molecule has 0 spiro atoms. The van der Waals surface area contributed by atoms with Gasteiger partial charge in [-0.1, -0.05) is 5.16 Å². The Bertz CT molecular complexity index is 914. The predicted molar refractivity (Wildman–Crippen MR) is 120 cm³/mol. The van der Waals surface area contributed by atoms with Gasteiger partial charge >= 0.3 is 6.09 Å². The number of benzene rings is 1. The Labute approximate surface area is 193 Å². The largest absolute Gasteiger partial charge is 0.444 e. The standard InChI is InChI=1S/C23H32N4O6/c1-23(2,3)32-22(29)27-12-9-18(10-13-27)31-15-19-25-21(33-26-19)17-7-5-16(6-8-17)20(28)24-11-14-30-4/h5-8,18H,9-15H2,1-4H3,(H,24,28). The Morgan fingerprint density at radius 2 is 1.88 bits per heavy atom. The van der Waals surface area contributed by atoms with Gasteiger partial charge in [0.25, 0.3) is 11.8 Å². The normalized spacial score (nSPS) is 14.8. The van der Waals surface area contributed by atoms with E-state index in [0.29, 0.717) is 49.1 Å². The van der Waals surface area contributed by atoms with Crippen molar-refractivity contribution in [3.8, 4) is 11.5 Å². The third-order valence-electron chi connectivity index (χ3n) is 5.00. The maximum Gasteiger partial charge on any atom is 0.410 e. The maximum absolute atomic E-state index is 12.2. The van der Waals surface area contributed by atoms with Crippen molar-refractivity contribution in [2.45, 2.75) is 51.9 Å². The van der Waals surface area contributed by atoms with Crippen molar-refractivity contribution in [3.63, 3.8) is 0 Å². The van der Waals surface area contributed by atoms with Crippen LogP contribution in [-0.4, -0.2) is 72.1 Å². The summed E-state index contributed by atoms with van der Waals surface area (Å²) in [6.45, 7) is 7.87. The summed E-state index contributed by atoms with van der Waals surface area (Å²) in [6.07, 6.45) is 1.17. The topological polar surface area (TPSA) is 116 Å². The number of carbonyl (C=O) groups is 2. The van der Waals surface area contributed by atoms with E-state index in [1.807, 2.05) is 20.8 Å². The van der Waals surface area contributed by atoms with Crippen LogP contribution in [0.4, 0.5) is 4.79 Å². The Morgan fingerprint density at radius 3 is 2.52 bits per heavy atom. The van der Waals surface area contributed by atoms with Gasteiger partial charge in [-0.25, -0.2) is 4.79 Å². The molecule has 1 saturated heterocycles. The maximum atomic E-state index is 12.2. The van der Waals surface area contributed by atoms with E-state index in [0.717, 1.165) is 12.8 Å². The summed E-state index contributed by atoms with van der Waals surface area (Å²) in [5, 5.41) is 6.75. The molecule has 33 heavy (non-hydrogen) atoms. The van der Waals surface area contributed by atoms with Crippen LogP contribution in [0, 0.1) is 0 Å². The van der Waals surface area contributed by atoms with Crippen LogP contribution in [0.25, 0.3) is 11.5 Å². The molecule has 0 aliphatic carbocycles. The summed E-state index contributed by atoms with van der Waals surface area (Å²) in [7, 11) is 1.58. The molecule has 1 aliphatic rings. The number of ether oxygens (including phenoxy) is 3. The summed E-state index contributed by atoms with van der Waals surface area (Å²) >= 11 is 0. The van der Waals surface area contributed by atoms with Crippen molar-refractivity contribution in [1.29, 1.82) is 0 Å². The van der Waals surface area contributed by atoms with E-state index in [-0.39, 0.29) is 24.7 Å². The first kappa shape index (κ1) is 24.7. The van der Waals surface area contributed by atoms with E-state index in [9.17, 15) is 9.59 Å². The lowest BCUT2D eigenvalue weighted by Crippen LogP contribution is -2.43. The van der Waals surface area contributed by atoms with Gasteiger partial charge in [0.05, 0.1) is 12.7 Å². The smallest absolute Gasteiger partial charge is 0.410 e. The van der Waals surface area contributed by atoms with Crippen LogP contribution in [0.15, 0.2) is 28.8 Å². The summed E-state index contributed by atoms with van der Waals surface area (Å²) in [5.74, 6) is 0.636. The fraction of sp³-hybridized carbons (Fsp3) is 0.565. The number of likely N-dealkylation sites (tertiary alicyclic amines) is 1. The van der Waals surface area contributed by atoms with Crippen molar-refractivity contribution in [2.24, 2.45) is 0 Å². The van der Waals surface area contributed by atoms with Crippen LogP contribution in [-0.2, 0) is 20.8 Å². The number of hydrogen-bond donors (Lipinski definition) is 1. The van der Waals surface area contributed by atoms with E-state index < -0.39 is 5.60 Å². The molecule has 0 unspecified atom stereocenters. The number of hydrogen-bond acceptors (Lipinski definition) is 8. The first-order valence-electron chi connectivity index (χ1n) is 11.0. The number of nitrogens with one attached hydrogen (secondary N) is 1. The van der Waals surface area contributed by atoms with Gasteiger partial charge in [0.1, 0.15) is 12.2 Å². The van der Waals surface area contributed by atoms with Gasteiger partial charge in [0, 0.05) is 37.9 Å². The number of amides is 2. The quantitative estimate of drug-likeness (QED) is 0.598. The van der Waals surface area contributed by atoms with Crippen LogP contribution in [0.1, 0.15) is 49.8 Å². The molecular formula is C23H32N4O6. The minimum Gasteiger partial charge on any atom is -0.444 e. The molecule has 0 atom stereocenters. The van der Waals surface area contributed by atoms with Gasteiger partial charge in [-0.3, -0.25) is 4.79 Å². The highest BCUT2D eigenvalue weighted by Crippen LogP contribution is 2.20. The van der Waals surface area contributed by atoms with Crippen LogP contribution >= 0.6 is 0 Å². The van der Waals surface area contributed by atoms with Gasteiger partial charge in [-0.2, -0.15) is 4.98 Å². The molecular weight excluding hydrogens is 428 g/mol. The van der Waals surface area contributed by atoms with E-state index in [1.54, 1.807) is 36.3 Å². The lowest BCUT2D eigenvalue weighted by Gasteiger charge is -2.33. The fourth-order valence-electron chi connectivity index (χ4n) is 3.29. The predicted octanol–water partition coefficient (Wildman–Crippen LogP) is 3.03. The van der Waals surface area contributed by atoms with Gasteiger partial charge in [-0.15, -0.1) is 0 Å². The minimum atomic E-state index is -0.502. The second-order valence-electron chi connectivity index (χ2n) is 8.82. The zero-order valence-electron chi connectivity index (χ0n) is 19.6. The van der Waals surface area contributed by atoms with Crippen molar-refractivity contribution >= 4 is 12.0 Å². The monoisotopic (exact) mass is 460 g/mol. The Morgan fingerprint density at radius 1 is 1.18 bits per heavy atom. The zero-order valence-corrected chi connectivity index (χ0v) is 19.6. The molecule has 1 N–H and O–H groups in total. The molecule has 3 rings (SSSR count). The van der Waals surface area contributed by atoms with Crippen molar-refractivity contribution < 1.29 is 28.3 Å². The number of piperidine rings is 1. The average Bonchev–Trinajstić information content (AvgIpc) is 3.26. The number of carbonyl (C=O) groups excluding carboxylic acids is 2. The summed E-state index contributed by atoms with van der Waals surface area (Å²) in [4.78, 5) is 30.3. The summed E-state index contributed by atoms with van der Waals surface area (Å²) in [5.41, 5.74) is 0.751. The minimum absolute atomic E-state index is 0.0153. The Hall–Kier alpha value is -2.98. The lowest BCUT2D eigenvalue weighted by molar-refractivity contribution is -0.0190. The van der Waals surface area contributed by atoms with E-state index >= 15 is 0 Å². The molecule has 2 amide bonds. The number of rotatable bonds is 8. The second-order valence-corrected chi connectivity index (χ2v) is 8.82. The first-order valence-corrected chi connectivity index (χ1v) is 11.0. The highest BCUT2D eigenvalue weighted by molar-refractivity contribution is 5.94. The van der Waals surface area contributed by atoms with Crippen LogP contribution in [0.2, 0.25) is 0 Å². The zero-order chi connectivity index (χ0) is 23.8. The summed E-state index contributed by atoms with van der Waals surface area (Å²) in [6, 6.07) is 6.93. The summed E-state index contributed by atoms with van der Waals surface area (Å²) < 4.78 is 21.6. The molecule has 0 bridgehead atoms. The van der Waals surface area contributed by atoms with Gasteiger partial charge in [0.15, 0.2) is 5.82 Å². The van der Waals surface area contributed by atoms with Gasteiger partial charge < -0.3 is 29.0 Å². The van der Waals surface area contributed by atoms with Gasteiger partial charge in [-0.05, 0) is 57.9 Å². The molecule has 10 nitrogen and oxygen atoms in total. The fourth-order valence-corrected chi connectivity index (χ4v) is 3.29. The first-order chi connectivity index (χ1) is 15.7. The van der Waals surface area contributed by atoms with E-state index in [1.165, 1.54) is 0 Å². The third-order valence-corrected chi connectivity index (χ3v) is 5.00. The van der Waals surface area contributed by atoms with Crippen molar-refractivity contribution in [2.75, 3.05) is 33.4 Å². The second kappa shape index (κ2) is 11.2. The molecule has 1 aromatic heterocycles. The van der Waals surface area contributed by atoms with Crippen LogP contribution in [0.3, 0.4) is 0 Å². The van der Waals surface area contributed by atoms with Gasteiger partial charge in [0.2, 0.25) is 0 Å². The molecule has 0 radical (unpaired) electrons. The Kier molecular flexibility index (Phi) is 8.40. The molecule has 180 valence electrons. The average molecular weight is 461 g/mol. The van der Waals surface area contributed by atoms with Crippen LogP contribution in [0.5, 0.6) is 0 Å². The highest BCUT2D eigenvalue weighted by atomic mass is 16.6. The number of aromatic nitrogens is 2. The SMILES string of the molecule is COCCNC(=O)c1ccc(-c2nc(COC3CCN(C(=O)OC(C)(C)C)CC3)no2)cc1. The molecule has 1 aromatic carbocycles. The third kappa shape index (κ3) is 7.54. The van der Waals surface area contributed by atoms with Crippen molar-refractivity contribution in [1.82, 2.24) is 20.4 Å². The molecule has 10 heteroatoms. The number of nitrogens with zero attached hydrogens (tertiary/aromatic N) is 3. The molecule has 2 heterocycles. The Balaban J connectivity index is 1.45. The number of methoxy groups -OCH3 is 1. The lowest BCUT2D eigenvalue weighted by atomic mass is 10.1. The molecule has 2 aromatic rings. The van der Waals surface area contributed by atoms with Crippen molar-refractivity contribution in [3.05, 3.63) is 35.7 Å². The van der Waals surface area contributed by atoms with E-state index in [4.69, 9.17) is 18.7 Å². The van der Waals surface area contributed by atoms with Crippen LogP contribution < -0.4 is 5.32 Å². The van der Waals surface area contributed by atoms with E-state index in [2.05, 4.69) is 15.5 Å². The highest BCUT2D eigenvalue weighted by Gasteiger charge is 2.27. The molecule has 1 aliphatic heterocycles. The molecule has 0 saturated carbocycles.